The van der Waals surface area contributed by atoms with E-state index >= 15 is 0 Å². The molecular formula is C49H41N. The second-order valence-corrected chi connectivity index (χ2v) is 14.4. The third-order valence-corrected chi connectivity index (χ3v) is 11.1. The summed E-state index contributed by atoms with van der Waals surface area (Å²) >= 11 is 0. The van der Waals surface area contributed by atoms with Crippen LogP contribution in [0.5, 0.6) is 0 Å². The van der Waals surface area contributed by atoms with Gasteiger partial charge in [-0.3, -0.25) is 0 Å². The molecule has 9 rings (SSSR count). The van der Waals surface area contributed by atoms with Crippen LogP contribution < -0.4 is 4.90 Å². The Balaban J connectivity index is 1.14. The van der Waals surface area contributed by atoms with Gasteiger partial charge in [-0.2, -0.15) is 0 Å². The molecule has 0 heterocycles. The minimum atomic E-state index is -0.0745. The third-order valence-electron chi connectivity index (χ3n) is 11.1. The minimum Gasteiger partial charge on any atom is -0.310 e. The average molecular weight is 644 g/mol. The van der Waals surface area contributed by atoms with E-state index in [-0.39, 0.29) is 5.41 Å². The standard InChI is InChI=1S/C49H41N/c1-49(2)47-22-11-10-20-45(47)46-32-31-40(33-48(46)49)50(39-29-25-37(26-30-39)44-21-12-16-35-15-6-7-17-42(35)44)38-27-23-36(24-28-38)43-19-9-8-18-41(43)34-13-4-3-5-14-34/h3-5,8-14,16,18-33H,6-7,15,17H2,1-2H3. The maximum atomic E-state index is 2.43. The lowest BCUT2D eigenvalue weighted by atomic mass is 9.82. The molecule has 7 aromatic carbocycles. The van der Waals surface area contributed by atoms with Crippen molar-refractivity contribution in [3.63, 3.8) is 0 Å². The van der Waals surface area contributed by atoms with Crippen molar-refractivity contribution in [3.05, 3.63) is 186 Å². The van der Waals surface area contributed by atoms with Gasteiger partial charge in [-0.05, 0) is 129 Å². The van der Waals surface area contributed by atoms with Gasteiger partial charge in [-0.25, -0.2) is 0 Å². The maximum absolute atomic E-state index is 2.43. The highest BCUT2D eigenvalue weighted by atomic mass is 15.1. The SMILES string of the molecule is CC1(C)c2ccccc2-c2ccc(N(c3ccc(-c4ccccc4-c4ccccc4)cc3)c3ccc(-c4cccc5c4CCCC5)cc3)cc21. The fourth-order valence-electron chi connectivity index (χ4n) is 8.51. The van der Waals surface area contributed by atoms with Crippen LogP contribution in [-0.4, -0.2) is 0 Å². The van der Waals surface area contributed by atoms with Gasteiger partial charge in [0.05, 0.1) is 0 Å². The van der Waals surface area contributed by atoms with E-state index in [4.69, 9.17) is 0 Å². The largest absolute Gasteiger partial charge is 0.310 e. The molecule has 0 radical (unpaired) electrons. The summed E-state index contributed by atoms with van der Waals surface area (Å²) in [5.74, 6) is 0. The molecule has 0 fully saturated rings. The van der Waals surface area contributed by atoms with E-state index in [0.29, 0.717) is 0 Å². The molecule has 0 aliphatic heterocycles. The zero-order chi connectivity index (χ0) is 33.7. The number of nitrogens with zero attached hydrogens (tertiary/aromatic N) is 1. The number of hydrogen-bond acceptors (Lipinski definition) is 1. The number of aryl methyl sites for hydroxylation is 1. The van der Waals surface area contributed by atoms with Crippen molar-refractivity contribution < 1.29 is 0 Å². The van der Waals surface area contributed by atoms with Crippen molar-refractivity contribution in [3.8, 4) is 44.5 Å². The molecule has 1 heteroatoms. The number of rotatable bonds is 6. The van der Waals surface area contributed by atoms with E-state index in [1.165, 1.54) is 98.1 Å². The second kappa shape index (κ2) is 12.3. The van der Waals surface area contributed by atoms with Crippen LogP contribution in [0, 0.1) is 0 Å². The van der Waals surface area contributed by atoms with Gasteiger partial charge in [0.15, 0.2) is 0 Å². The summed E-state index contributed by atoms with van der Waals surface area (Å²) in [7, 11) is 0. The molecular weight excluding hydrogens is 603 g/mol. The highest BCUT2D eigenvalue weighted by Crippen LogP contribution is 2.50. The molecule has 2 aliphatic rings. The summed E-state index contributed by atoms with van der Waals surface area (Å²) in [6, 6.07) is 60.6. The first-order valence-corrected chi connectivity index (χ1v) is 18.1. The van der Waals surface area contributed by atoms with Crippen LogP contribution >= 0.6 is 0 Å². The second-order valence-electron chi connectivity index (χ2n) is 14.4. The molecule has 0 N–H and O–H groups in total. The van der Waals surface area contributed by atoms with Crippen LogP contribution in [0.1, 0.15) is 48.9 Å². The van der Waals surface area contributed by atoms with Crippen LogP contribution in [0.15, 0.2) is 164 Å². The van der Waals surface area contributed by atoms with Gasteiger partial charge in [0.2, 0.25) is 0 Å². The highest BCUT2D eigenvalue weighted by Gasteiger charge is 2.35. The van der Waals surface area contributed by atoms with Crippen molar-refractivity contribution in [2.45, 2.75) is 44.9 Å². The summed E-state index contributed by atoms with van der Waals surface area (Å²) in [6.07, 6.45) is 4.94. The van der Waals surface area contributed by atoms with Crippen molar-refractivity contribution >= 4 is 17.1 Å². The fraction of sp³-hybridized carbons (Fsp3) is 0.143. The lowest BCUT2D eigenvalue weighted by molar-refractivity contribution is 0.660. The lowest BCUT2D eigenvalue weighted by Crippen LogP contribution is -2.16. The predicted octanol–water partition coefficient (Wildman–Crippen LogP) is 13.3. The molecule has 2 aliphatic carbocycles. The number of fused-ring (bicyclic) bond motifs is 4. The summed E-state index contributed by atoms with van der Waals surface area (Å²) < 4.78 is 0. The summed E-state index contributed by atoms with van der Waals surface area (Å²) in [6.45, 7) is 4.72. The van der Waals surface area contributed by atoms with E-state index in [1.807, 2.05) is 0 Å². The van der Waals surface area contributed by atoms with Crippen LogP contribution in [0.2, 0.25) is 0 Å². The molecule has 0 saturated heterocycles. The van der Waals surface area contributed by atoms with Gasteiger partial charge in [-0.15, -0.1) is 0 Å². The normalized spacial score (nSPS) is 14.0. The van der Waals surface area contributed by atoms with E-state index < -0.39 is 0 Å². The topological polar surface area (TPSA) is 3.24 Å². The van der Waals surface area contributed by atoms with Gasteiger partial charge in [0.25, 0.3) is 0 Å². The van der Waals surface area contributed by atoms with Crippen molar-refractivity contribution in [2.24, 2.45) is 0 Å². The van der Waals surface area contributed by atoms with E-state index in [9.17, 15) is 0 Å². The Labute approximate surface area is 296 Å². The summed E-state index contributed by atoms with van der Waals surface area (Å²) in [4.78, 5) is 2.43. The van der Waals surface area contributed by atoms with Crippen molar-refractivity contribution in [2.75, 3.05) is 4.90 Å². The Bertz CT molecular complexity index is 2330. The monoisotopic (exact) mass is 643 g/mol. The van der Waals surface area contributed by atoms with Crippen LogP contribution in [-0.2, 0) is 18.3 Å². The Morgan fingerprint density at radius 2 is 0.920 bits per heavy atom. The van der Waals surface area contributed by atoms with Gasteiger partial charge >= 0.3 is 0 Å². The quantitative estimate of drug-likeness (QED) is 0.174. The molecule has 0 amide bonds. The molecule has 0 saturated carbocycles. The van der Waals surface area contributed by atoms with Gasteiger partial charge in [0, 0.05) is 22.5 Å². The third kappa shape index (κ3) is 5.17. The summed E-state index contributed by atoms with van der Waals surface area (Å²) in [5.41, 5.74) is 19.5. The summed E-state index contributed by atoms with van der Waals surface area (Å²) in [5, 5.41) is 0. The first-order chi connectivity index (χ1) is 24.6. The number of anilines is 3. The number of hydrogen-bond donors (Lipinski definition) is 0. The fourth-order valence-corrected chi connectivity index (χ4v) is 8.51. The van der Waals surface area contributed by atoms with Crippen LogP contribution in [0.25, 0.3) is 44.5 Å². The zero-order valence-corrected chi connectivity index (χ0v) is 28.9. The van der Waals surface area contributed by atoms with E-state index in [0.717, 1.165) is 11.4 Å². The Kier molecular flexibility index (Phi) is 7.50. The van der Waals surface area contributed by atoms with E-state index in [2.05, 4.69) is 183 Å². The lowest BCUT2D eigenvalue weighted by Gasteiger charge is -2.28. The maximum Gasteiger partial charge on any atom is 0.0465 e. The predicted molar refractivity (Wildman–Crippen MR) is 212 cm³/mol. The molecule has 7 aromatic rings. The molecule has 50 heavy (non-hydrogen) atoms. The van der Waals surface area contributed by atoms with Gasteiger partial charge in [-0.1, -0.05) is 141 Å². The molecule has 242 valence electrons. The molecule has 0 bridgehead atoms. The van der Waals surface area contributed by atoms with Crippen molar-refractivity contribution in [1.29, 1.82) is 0 Å². The Hall–Kier alpha value is -5.66. The number of benzene rings is 7. The van der Waals surface area contributed by atoms with Gasteiger partial charge < -0.3 is 4.90 Å². The Morgan fingerprint density at radius 1 is 0.400 bits per heavy atom. The Morgan fingerprint density at radius 3 is 1.62 bits per heavy atom. The molecule has 0 unspecified atom stereocenters. The molecule has 1 nitrogen and oxygen atoms in total. The molecule has 0 spiro atoms. The van der Waals surface area contributed by atoms with Crippen LogP contribution in [0.3, 0.4) is 0 Å². The van der Waals surface area contributed by atoms with Gasteiger partial charge in [0.1, 0.15) is 0 Å². The first kappa shape index (κ1) is 30.4. The highest BCUT2D eigenvalue weighted by molar-refractivity contribution is 5.88. The molecule has 0 aromatic heterocycles. The van der Waals surface area contributed by atoms with Crippen molar-refractivity contribution in [1.82, 2.24) is 0 Å². The minimum absolute atomic E-state index is 0.0745. The molecule has 0 atom stereocenters. The zero-order valence-electron chi connectivity index (χ0n) is 28.9. The first-order valence-electron chi connectivity index (χ1n) is 18.1. The van der Waals surface area contributed by atoms with E-state index in [1.54, 1.807) is 0 Å². The van der Waals surface area contributed by atoms with Crippen LogP contribution in [0.4, 0.5) is 17.1 Å². The average Bonchev–Trinajstić information content (AvgIpc) is 3.41. The smallest absolute Gasteiger partial charge is 0.0465 e.